The van der Waals surface area contributed by atoms with Crippen LogP contribution in [0.1, 0.15) is 27.2 Å². The van der Waals surface area contributed by atoms with E-state index >= 15 is 0 Å². The van der Waals surface area contributed by atoms with Crippen LogP contribution >= 0.6 is 0 Å². The van der Waals surface area contributed by atoms with Gasteiger partial charge in [-0.3, -0.25) is 0 Å². The summed E-state index contributed by atoms with van der Waals surface area (Å²) in [4.78, 5) is 22.7. The summed E-state index contributed by atoms with van der Waals surface area (Å²) in [6, 6.07) is 6.95. The number of carbonyl (C=O) groups is 2. The van der Waals surface area contributed by atoms with Crippen LogP contribution in [0.25, 0.3) is 0 Å². The molecule has 0 heterocycles. The molecule has 0 bridgehead atoms. The largest absolute Gasteiger partial charge is 0.480 e. The fourth-order valence-electron chi connectivity index (χ4n) is 1.48. The van der Waals surface area contributed by atoms with Crippen LogP contribution in [-0.4, -0.2) is 23.2 Å². The van der Waals surface area contributed by atoms with E-state index in [1.165, 1.54) is 0 Å². The van der Waals surface area contributed by atoms with Crippen molar-refractivity contribution >= 4 is 12.1 Å². The molecule has 0 saturated heterocycles. The van der Waals surface area contributed by atoms with Gasteiger partial charge in [0.05, 0.1) is 1.37 Å². The maximum absolute atomic E-state index is 11.6. The number of benzene rings is 1. The minimum Gasteiger partial charge on any atom is -0.480 e. The molecule has 1 aromatic carbocycles. The van der Waals surface area contributed by atoms with Crippen molar-refractivity contribution in [1.82, 2.24) is 5.32 Å². The van der Waals surface area contributed by atoms with E-state index < -0.39 is 18.1 Å². The van der Waals surface area contributed by atoms with Crippen LogP contribution in [0, 0.1) is 5.92 Å². The maximum Gasteiger partial charge on any atom is 0.408 e. The smallest absolute Gasteiger partial charge is 0.408 e. The fraction of sp³-hybridized carbons (Fsp3) is 0.429. The van der Waals surface area contributed by atoms with Crippen LogP contribution in [0.5, 0.6) is 0 Å². The third kappa shape index (κ3) is 5.90. The molecule has 0 radical (unpaired) electrons. The minimum absolute atomic E-state index is 0.00275. The molecule has 1 rings (SSSR count). The van der Waals surface area contributed by atoms with Gasteiger partial charge >= 0.3 is 12.1 Å². The molecule has 0 aliphatic rings. The summed E-state index contributed by atoms with van der Waals surface area (Å²) in [7, 11) is 0. The molecular formula is C14H19NO4. The predicted octanol–water partition coefficient (Wildman–Crippen LogP) is 2.41. The van der Waals surface area contributed by atoms with Crippen molar-refractivity contribution < 1.29 is 20.8 Å². The van der Waals surface area contributed by atoms with Crippen molar-refractivity contribution in [3.05, 3.63) is 35.9 Å². The summed E-state index contributed by atoms with van der Waals surface area (Å²) in [5, 5.41) is 11.2. The molecule has 1 atom stereocenters. The van der Waals surface area contributed by atoms with Gasteiger partial charge in [0.25, 0.3) is 0 Å². The topological polar surface area (TPSA) is 75.6 Å². The Bertz CT molecular complexity index is 464. The Morgan fingerprint density at radius 3 is 2.53 bits per heavy atom. The van der Waals surface area contributed by atoms with E-state index in [0.717, 1.165) is 5.56 Å². The van der Waals surface area contributed by atoms with Gasteiger partial charge < -0.3 is 15.2 Å². The summed E-state index contributed by atoms with van der Waals surface area (Å²) >= 11 is 0. The van der Waals surface area contributed by atoms with Crippen LogP contribution < -0.4 is 5.32 Å². The predicted molar refractivity (Wildman–Crippen MR) is 70.6 cm³/mol. The molecule has 104 valence electrons. The summed E-state index contributed by atoms with van der Waals surface area (Å²) in [5.74, 6) is -1.44. The number of ether oxygens (including phenoxy) is 1. The average Bonchev–Trinajstić information content (AvgIpc) is 2.36. The van der Waals surface area contributed by atoms with Crippen molar-refractivity contribution in [1.29, 1.82) is 0 Å². The molecule has 0 saturated carbocycles. The normalized spacial score (nSPS) is 14.4. The highest BCUT2D eigenvalue weighted by atomic mass is 16.5. The summed E-state index contributed by atoms with van der Waals surface area (Å²) in [5.41, 5.74) is 0.789. The van der Waals surface area contributed by atoms with E-state index in [2.05, 4.69) is 5.32 Å². The van der Waals surface area contributed by atoms with E-state index in [1.54, 1.807) is 38.1 Å². The summed E-state index contributed by atoms with van der Waals surface area (Å²) < 4.78 is 12.7. The van der Waals surface area contributed by atoms with Gasteiger partial charge in [0.15, 0.2) is 0 Å². The zero-order valence-electron chi connectivity index (χ0n) is 12.1. The molecule has 5 nitrogen and oxygen atoms in total. The first-order valence-electron chi connectivity index (χ1n) is 6.56. The van der Waals surface area contributed by atoms with Gasteiger partial charge in [-0.15, -0.1) is 0 Å². The van der Waals surface area contributed by atoms with Gasteiger partial charge in [0.1, 0.15) is 12.6 Å². The molecule has 1 aromatic rings. The van der Waals surface area contributed by atoms with Crippen molar-refractivity contribution in [3.8, 4) is 0 Å². The molecule has 0 aliphatic carbocycles. The van der Waals surface area contributed by atoms with E-state index in [1.807, 2.05) is 6.07 Å². The van der Waals surface area contributed by atoms with Gasteiger partial charge in [-0.25, -0.2) is 9.59 Å². The highest BCUT2D eigenvalue weighted by Crippen LogP contribution is 2.06. The molecule has 0 fully saturated rings. The number of carboxylic acid groups (broad SMARTS) is 1. The third-order valence-electron chi connectivity index (χ3n) is 2.34. The lowest BCUT2D eigenvalue weighted by molar-refractivity contribution is -0.139. The second-order valence-corrected chi connectivity index (χ2v) is 4.57. The van der Waals surface area contributed by atoms with E-state index in [4.69, 9.17) is 11.2 Å². The Kier molecular flexibility index (Phi) is 5.22. The number of aliphatic carboxylic acids is 1. The Labute approximate surface area is 114 Å². The van der Waals surface area contributed by atoms with Gasteiger partial charge in [-0.2, -0.15) is 0 Å². The van der Waals surface area contributed by atoms with Crippen molar-refractivity contribution in [2.24, 2.45) is 5.92 Å². The SMILES string of the molecule is [2H][C@@](CC(C)C)(NC(=O)OCc1ccccc1)C(=O)O. The Morgan fingerprint density at radius 1 is 1.37 bits per heavy atom. The van der Waals surface area contributed by atoms with Crippen LogP contribution in [-0.2, 0) is 16.1 Å². The summed E-state index contributed by atoms with van der Waals surface area (Å²) in [6.45, 7) is 3.59. The molecule has 0 aliphatic heterocycles. The first-order chi connectivity index (χ1) is 9.33. The second-order valence-electron chi connectivity index (χ2n) is 4.57. The third-order valence-corrected chi connectivity index (χ3v) is 2.34. The lowest BCUT2D eigenvalue weighted by Gasteiger charge is -2.16. The number of hydrogen-bond acceptors (Lipinski definition) is 3. The Hall–Kier alpha value is -2.04. The van der Waals surface area contributed by atoms with Crippen molar-refractivity contribution in [2.45, 2.75) is 32.9 Å². The first kappa shape index (κ1) is 13.4. The number of carbonyl (C=O) groups excluding carboxylic acids is 1. The van der Waals surface area contributed by atoms with E-state index in [-0.39, 0.29) is 18.9 Å². The monoisotopic (exact) mass is 266 g/mol. The molecule has 1 amide bonds. The molecular weight excluding hydrogens is 246 g/mol. The quantitative estimate of drug-likeness (QED) is 0.829. The van der Waals surface area contributed by atoms with Crippen LogP contribution in [0.4, 0.5) is 4.79 Å². The number of carboxylic acids is 1. The molecule has 0 unspecified atom stereocenters. The fourth-order valence-corrected chi connectivity index (χ4v) is 1.48. The standard InChI is InChI=1S/C14H19NO4/c1-10(2)8-12(13(16)17)15-14(18)19-9-11-6-4-3-5-7-11/h3-7,10,12H,8-9H2,1-2H3,(H,15,18)(H,16,17)/t12-/m0/s1/i12D. The highest BCUT2D eigenvalue weighted by molar-refractivity contribution is 5.79. The van der Waals surface area contributed by atoms with E-state index in [0.29, 0.717) is 0 Å². The van der Waals surface area contributed by atoms with Gasteiger partial charge in [-0.1, -0.05) is 44.2 Å². The molecule has 5 heteroatoms. The lowest BCUT2D eigenvalue weighted by atomic mass is 10.0. The Morgan fingerprint density at radius 2 is 2.00 bits per heavy atom. The van der Waals surface area contributed by atoms with Crippen molar-refractivity contribution in [2.75, 3.05) is 0 Å². The first-order valence-corrected chi connectivity index (χ1v) is 6.06. The number of nitrogens with one attached hydrogen (secondary N) is 1. The van der Waals surface area contributed by atoms with Crippen LogP contribution in [0.2, 0.25) is 0 Å². The lowest BCUT2D eigenvalue weighted by Crippen LogP contribution is -2.41. The molecule has 2 N–H and O–H groups in total. The number of hydrogen-bond donors (Lipinski definition) is 2. The number of rotatable bonds is 6. The number of alkyl carbamates (subject to hydrolysis) is 1. The van der Waals surface area contributed by atoms with Crippen LogP contribution in [0.15, 0.2) is 30.3 Å². The molecule has 0 spiro atoms. The zero-order valence-corrected chi connectivity index (χ0v) is 11.1. The molecule has 19 heavy (non-hydrogen) atoms. The molecule has 0 aromatic heterocycles. The summed E-state index contributed by atoms with van der Waals surface area (Å²) in [6.07, 6.45) is -0.908. The second kappa shape index (κ2) is 7.41. The van der Waals surface area contributed by atoms with Crippen LogP contribution in [0.3, 0.4) is 0 Å². The van der Waals surface area contributed by atoms with E-state index in [9.17, 15) is 9.59 Å². The van der Waals surface area contributed by atoms with Gasteiger partial charge in [0, 0.05) is 0 Å². The minimum atomic E-state index is -2.07. The number of amides is 1. The highest BCUT2D eigenvalue weighted by Gasteiger charge is 2.21. The maximum atomic E-state index is 11.6. The Balaban J connectivity index is 2.56. The van der Waals surface area contributed by atoms with Crippen molar-refractivity contribution in [3.63, 3.8) is 0 Å². The van der Waals surface area contributed by atoms with Gasteiger partial charge in [-0.05, 0) is 17.9 Å². The zero-order chi connectivity index (χ0) is 15.2. The van der Waals surface area contributed by atoms with Gasteiger partial charge in [0.2, 0.25) is 0 Å². The average molecular weight is 266 g/mol.